The number of carbonyl (C=O) groups is 1. The van der Waals surface area contributed by atoms with E-state index in [1.165, 1.54) is 11.3 Å². The van der Waals surface area contributed by atoms with Gasteiger partial charge >= 0.3 is 6.03 Å². The molecule has 1 aromatic carbocycles. The second kappa shape index (κ2) is 7.07. The average molecular weight is 290 g/mol. The first kappa shape index (κ1) is 14.6. The third-order valence-corrected chi connectivity index (χ3v) is 3.94. The first-order valence-electron chi connectivity index (χ1n) is 6.49. The Labute approximate surface area is 122 Å². The minimum absolute atomic E-state index is 0.252. The Bertz CT molecular complexity index is 555. The summed E-state index contributed by atoms with van der Waals surface area (Å²) in [4.78, 5) is 12.7. The highest BCUT2D eigenvalue weighted by atomic mass is 32.1. The van der Waals surface area contributed by atoms with E-state index in [1.807, 2.05) is 48.7 Å². The van der Waals surface area contributed by atoms with Gasteiger partial charge in [0.15, 0.2) is 0 Å². The third-order valence-electron chi connectivity index (χ3n) is 2.97. The van der Waals surface area contributed by atoms with Crippen molar-refractivity contribution in [3.8, 4) is 0 Å². The van der Waals surface area contributed by atoms with Gasteiger partial charge in [-0.05, 0) is 36.4 Å². The molecule has 0 aliphatic rings. The Morgan fingerprint density at radius 2 is 2.10 bits per heavy atom. The molecule has 106 valence electrons. The summed E-state index contributed by atoms with van der Waals surface area (Å²) in [5, 5.41) is 17.4. The van der Waals surface area contributed by atoms with Crippen LogP contribution in [0.5, 0.6) is 0 Å². The Morgan fingerprint density at radius 1 is 1.30 bits per heavy atom. The lowest BCUT2D eigenvalue weighted by molar-refractivity contribution is 0.171. The summed E-state index contributed by atoms with van der Waals surface area (Å²) in [5.41, 5.74) is 1.81. The van der Waals surface area contributed by atoms with Gasteiger partial charge in [-0.1, -0.05) is 24.3 Å². The molecule has 0 bridgehead atoms. The molecule has 0 unspecified atom stereocenters. The molecule has 5 heteroatoms. The minimum Gasteiger partial charge on any atom is -0.388 e. The minimum atomic E-state index is -0.520. The van der Waals surface area contributed by atoms with Crippen LogP contribution < -0.4 is 10.6 Å². The van der Waals surface area contributed by atoms with Crippen LogP contribution in [0.2, 0.25) is 0 Å². The molecule has 0 radical (unpaired) electrons. The Kier molecular flexibility index (Phi) is 5.15. The molecule has 0 spiro atoms. The second-order valence-electron chi connectivity index (χ2n) is 4.52. The number of anilines is 1. The van der Waals surface area contributed by atoms with E-state index in [-0.39, 0.29) is 6.03 Å². The molecule has 1 heterocycles. The summed E-state index contributed by atoms with van der Waals surface area (Å²) in [7, 11) is 0. The summed E-state index contributed by atoms with van der Waals surface area (Å²) < 4.78 is 0. The molecule has 4 nitrogen and oxygen atoms in total. The van der Waals surface area contributed by atoms with Crippen molar-refractivity contribution >= 4 is 23.1 Å². The van der Waals surface area contributed by atoms with Gasteiger partial charge < -0.3 is 15.7 Å². The Balaban J connectivity index is 1.74. The molecular weight excluding hydrogens is 272 g/mol. The zero-order valence-electron chi connectivity index (χ0n) is 11.3. The van der Waals surface area contributed by atoms with E-state index in [9.17, 15) is 9.90 Å². The number of hydrogen-bond donors (Lipinski definition) is 3. The predicted octanol–water partition coefficient (Wildman–Crippen LogP) is 3.30. The molecule has 2 rings (SSSR count). The number of rotatable bonds is 5. The van der Waals surface area contributed by atoms with E-state index in [0.29, 0.717) is 13.0 Å². The normalized spacial score (nSPS) is 11.9. The fraction of sp³-hybridized carbons (Fsp3) is 0.267. The number of aliphatic hydroxyl groups is 1. The fourth-order valence-corrected chi connectivity index (χ4v) is 2.57. The maximum atomic E-state index is 11.7. The lowest BCUT2D eigenvalue weighted by atomic mass is 10.2. The molecule has 0 fully saturated rings. The fourth-order valence-electron chi connectivity index (χ4n) is 1.83. The molecule has 2 amide bonds. The van der Waals surface area contributed by atoms with E-state index < -0.39 is 6.10 Å². The average Bonchev–Trinajstić information content (AvgIpc) is 2.95. The van der Waals surface area contributed by atoms with Crippen molar-refractivity contribution in [2.75, 3.05) is 11.9 Å². The second-order valence-corrected chi connectivity index (χ2v) is 5.49. The molecule has 2 aromatic rings. The summed E-state index contributed by atoms with van der Waals surface area (Å²) in [6, 6.07) is 11.1. The molecule has 0 saturated heterocycles. The van der Waals surface area contributed by atoms with E-state index in [0.717, 1.165) is 16.1 Å². The van der Waals surface area contributed by atoms with Gasteiger partial charge in [-0.15, -0.1) is 11.3 Å². The van der Waals surface area contributed by atoms with Crippen molar-refractivity contribution < 1.29 is 9.90 Å². The first-order valence-corrected chi connectivity index (χ1v) is 7.36. The van der Waals surface area contributed by atoms with Crippen molar-refractivity contribution in [3.63, 3.8) is 0 Å². The molecule has 0 aliphatic heterocycles. The van der Waals surface area contributed by atoms with Crippen molar-refractivity contribution in [3.05, 3.63) is 52.2 Å². The topological polar surface area (TPSA) is 61.4 Å². The number of nitrogens with one attached hydrogen (secondary N) is 2. The van der Waals surface area contributed by atoms with Crippen LogP contribution in [-0.4, -0.2) is 17.7 Å². The lowest BCUT2D eigenvalue weighted by Gasteiger charge is -2.11. The van der Waals surface area contributed by atoms with Crippen LogP contribution in [-0.2, 0) is 0 Å². The van der Waals surface area contributed by atoms with Crippen LogP contribution in [0.15, 0.2) is 41.8 Å². The van der Waals surface area contributed by atoms with Crippen LogP contribution in [0.4, 0.5) is 10.5 Å². The highest BCUT2D eigenvalue weighted by molar-refractivity contribution is 7.10. The molecule has 1 atom stereocenters. The van der Waals surface area contributed by atoms with Gasteiger partial charge in [-0.3, -0.25) is 0 Å². The van der Waals surface area contributed by atoms with Gasteiger partial charge in [-0.25, -0.2) is 4.79 Å². The van der Waals surface area contributed by atoms with Gasteiger partial charge in [0.2, 0.25) is 0 Å². The molecular formula is C15H18N2O2S. The quantitative estimate of drug-likeness (QED) is 0.791. The number of hydrogen-bond acceptors (Lipinski definition) is 3. The van der Waals surface area contributed by atoms with Crippen molar-refractivity contribution in [1.29, 1.82) is 0 Å². The van der Waals surface area contributed by atoms with Crippen LogP contribution in [0.1, 0.15) is 23.0 Å². The van der Waals surface area contributed by atoms with Crippen LogP contribution in [0, 0.1) is 6.92 Å². The van der Waals surface area contributed by atoms with Gasteiger partial charge in [0.05, 0.1) is 6.10 Å². The predicted molar refractivity (Wildman–Crippen MR) is 82.1 cm³/mol. The largest absolute Gasteiger partial charge is 0.388 e. The summed E-state index contributed by atoms with van der Waals surface area (Å²) >= 11 is 1.52. The highest BCUT2D eigenvalue weighted by Crippen LogP contribution is 2.20. The third kappa shape index (κ3) is 4.08. The number of thiophene rings is 1. The lowest BCUT2D eigenvalue weighted by Crippen LogP contribution is -2.30. The van der Waals surface area contributed by atoms with Crippen molar-refractivity contribution in [2.45, 2.75) is 19.4 Å². The van der Waals surface area contributed by atoms with E-state index >= 15 is 0 Å². The number of carbonyl (C=O) groups excluding carboxylic acids is 1. The summed E-state index contributed by atoms with van der Waals surface area (Å²) in [6.07, 6.45) is -0.0180. The van der Waals surface area contributed by atoms with Gasteiger partial charge in [0, 0.05) is 17.1 Å². The van der Waals surface area contributed by atoms with E-state index in [2.05, 4.69) is 10.6 Å². The monoisotopic (exact) mass is 290 g/mol. The number of benzene rings is 1. The number of aryl methyl sites for hydroxylation is 1. The maximum Gasteiger partial charge on any atom is 0.319 e. The van der Waals surface area contributed by atoms with E-state index in [1.54, 1.807) is 0 Å². The molecule has 3 N–H and O–H groups in total. The molecule has 0 saturated carbocycles. The zero-order valence-corrected chi connectivity index (χ0v) is 12.1. The van der Waals surface area contributed by atoms with Crippen LogP contribution in [0.25, 0.3) is 0 Å². The van der Waals surface area contributed by atoms with E-state index in [4.69, 9.17) is 0 Å². The summed E-state index contributed by atoms with van der Waals surface area (Å²) in [6.45, 7) is 2.37. The summed E-state index contributed by atoms with van der Waals surface area (Å²) in [5.74, 6) is 0. The number of amides is 2. The number of aliphatic hydroxyl groups excluding tert-OH is 1. The highest BCUT2D eigenvalue weighted by Gasteiger charge is 2.09. The SMILES string of the molecule is Cc1ccccc1NC(=O)NCC[C@@H](O)c1cccs1. The zero-order chi connectivity index (χ0) is 14.4. The maximum absolute atomic E-state index is 11.7. The molecule has 0 aliphatic carbocycles. The van der Waals surface area contributed by atoms with Gasteiger partial charge in [0.1, 0.15) is 0 Å². The number of urea groups is 1. The van der Waals surface area contributed by atoms with Gasteiger partial charge in [0.25, 0.3) is 0 Å². The standard InChI is InChI=1S/C15H18N2O2S/c1-11-5-2-3-6-12(11)17-15(19)16-9-8-13(18)14-7-4-10-20-14/h2-7,10,13,18H,8-9H2,1H3,(H2,16,17,19)/t13-/m1/s1. The van der Waals surface area contributed by atoms with Crippen LogP contribution >= 0.6 is 11.3 Å². The van der Waals surface area contributed by atoms with Crippen molar-refractivity contribution in [1.82, 2.24) is 5.32 Å². The van der Waals surface area contributed by atoms with Gasteiger partial charge in [-0.2, -0.15) is 0 Å². The number of para-hydroxylation sites is 1. The first-order chi connectivity index (χ1) is 9.66. The Hall–Kier alpha value is -1.85. The molecule has 1 aromatic heterocycles. The van der Waals surface area contributed by atoms with Crippen LogP contribution in [0.3, 0.4) is 0 Å². The Morgan fingerprint density at radius 3 is 2.80 bits per heavy atom. The molecule has 20 heavy (non-hydrogen) atoms. The van der Waals surface area contributed by atoms with Crippen molar-refractivity contribution in [2.24, 2.45) is 0 Å². The smallest absolute Gasteiger partial charge is 0.319 e.